The van der Waals surface area contributed by atoms with Gasteiger partial charge in [0.25, 0.3) is 0 Å². The van der Waals surface area contributed by atoms with Crippen LogP contribution in [0.15, 0.2) is 48.5 Å². The minimum atomic E-state index is -0.323. The number of aryl methyl sites for hydroxylation is 1. The highest BCUT2D eigenvalue weighted by Gasteiger charge is 2.15. The molecule has 2 aromatic carbocycles. The van der Waals surface area contributed by atoms with E-state index in [1.165, 1.54) is 23.9 Å². The van der Waals surface area contributed by atoms with E-state index in [9.17, 15) is 9.18 Å². The minimum Gasteiger partial charge on any atom is -0.368 e. The number of anilines is 3. The van der Waals surface area contributed by atoms with Crippen LogP contribution in [0.3, 0.4) is 0 Å². The van der Waals surface area contributed by atoms with Crippen LogP contribution in [0.25, 0.3) is 0 Å². The fraction of sp³-hybridized carbons (Fsp3) is 0.238. The number of nitrogens with two attached hydrogens (primary N) is 1. The van der Waals surface area contributed by atoms with Crippen molar-refractivity contribution in [2.45, 2.75) is 31.4 Å². The van der Waals surface area contributed by atoms with Gasteiger partial charge in [0.2, 0.25) is 17.8 Å². The largest absolute Gasteiger partial charge is 0.368 e. The maximum Gasteiger partial charge on any atom is 0.233 e. The smallest absolute Gasteiger partial charge is 0.233 e. The number of aromatic nitrogens is 3. The molecule has 0 radical (unpaired) electrons. The molecule has 1 atom stereocenters. The molecule has 0 aliphatic heterocycles. The second-order valence-electron chi connectivity index (χ2n) is 6.67. The van der Waals surface area contributed by atoms with Crippen molar-refractivity contribution < 1.29 is 9.18 Å². The first kappa shape index (κ1) is 21.5. The number of carbonyl (C=O) groups is 1. The Bertz CT molecular complexity index is 1010. The predicted molar refractivity (Wildman–Crippen MR) is 118 cm³/mol. The Kier molecular flexibility index (Phi) is 7.18. The molecule has 0 saturated heterocycles. The molecule has 0 aliphatic carbocycles. The molecule has 4 N–H and O–H groups in total. The van der Waals surface area contributed by atoms with Crippen LogP contribution in [-0.4, -0.2) is 26.1 Å². The molecule has 9 heteroatoms. The van der Waals surface area contributed by atoms with E-state index >= 15 is 0 Å². The molecule has 1 amide bonds. The van der Waals surface area contributed by atoms with Crippen LogP contribution >= 0.6 is 11.8 Å². The zero-order chi connectivity index (χ0) is 21.5. The Morgan fingerprint density at radius 3 is 2.60 bits per heavy atom. The standard InChI is InChI=1S/C21H23FN6OS/c1-13-5-3-4-6-17(13)25-21-27-18(26-20(23)28-21)12-30-14(2)19(29)24-11-15-7-9-16(22)10-8-15/h3-10,14H,11-12H2,1-2H3,(H,24,29)(H3,23,25,26,27,28). The van der Waals surface area contributed by atoms with Crippen LogP contribution in [0.2, 0.25) is 0 Å². The molecule has 3 aromatic rings. The van der Waals surface area contributed by atoms with Gasteiger partial charge >= 0.3 is 0 Å². The number of carbonyl (C=O) groups excluding carboxylic acids is 1. The van der Waals surface area contributed by atoms with E-state index in [1.54, 1.807) is 12.1 Å². The van der Waals surface area contributed by atoms with Gasteiger partial charge in [0.15, 0.2) is 0 Å². The highest BCUT2D eigenvalue weighted by Crippen LogP contribution is 2.20. The first-order valence-corrected chi connectivity index (χ1v) is 10.4. The molecule has 30 heavy (non-hydrogen) atoms. The highest BCUT2D eigenvalue weighted by atomic mass is 32.2. The molecule has 1 unspecified atom stereocenters. The summed E-state index contributed by atoms with van der Waals surface area (Å²) in [6.07, 6.45) is 0. The third kappa shape index (κ3) is 6.15. The molecule has 1 heterocycles. The van der Waals surface area contributed by atoms with Crippen LogP contribution in [0.5, 0.6) is 0 Å². The second kappa shape index (κ2) is 10.0. The van der Waals surface area contributed by atoms with E-state index in [0.29, 0.717) is 24.1 Å². The molecule has 3 rings (SSSR count). The molecule has 156 valence electrons. The number of nitrogens with one attached hydrogen (secondary N) is 2. The van der Waals surface area contributed by atoms with E-state index in [2.05, 4.69) is 25.6 Å². The SMILES string of the molecule is Cc1ccccc1Nc1nc(N)nc(CSC(C)C(=O)NCc2ccc(F)cc2)n1. The molecule has 0 bridgehead atoms. The maximum atomic E-state index is 13.0. The van der Waals surface area contributed by atoms with Gasteiger partial charge in [-0.05, 0) is 43.2 Å². The fourth-order valence-corrected chi connectivity index (χ4v) is 3.37. The van der Waals surface area contributed by atoms with E-state index in [0.717, 1.165) is 16.8 Å². The molecule has 1 aromatic heterocycles. The van der Waals surface area contributed by atoms with Gasteiger partial charge in [0.1, 0.15) is 11.6 Å². The number of benzene rings is 2. The highest BCUT2D eigenvalue weighted by molar-refractivity contribution is 7.99. The number of amides is 1. The van der Waals surface area contributed by atoms with Crippen molar-refractivity contribution in [3.63, 3.8) is 0 Å². The van der Waals surface area contributed by atoms with Gasteiger partial charge < -0.3 is 16.4 Å². The van der Waals surface area contributed by atoms with Crippen LogP contribution < -0.4 is 16.4 Å². The third-order valence-electron chi connectivity index (χ3n) is 4.30. The Morgan fingerprint density at radius 1 is 1.13 bits per heavy atom. The molecule has 0 aliphatic rings. The number of hydrogen-bond donors (Lipinski definition) is 3. The lowest BCUT2D eigenvalue weighted by Gasteiger charge is -2.12. The number of rotatable bonds is 8. The molecule has 0 fully saturated rings. The molecule has 7 nitrogen and oxygen atoms in total. The van der Waals surface area contributed by atoms with Gasteiger partial charge in [-0.3, -0.25) is 4.79 Å². The lowest BCUT2D eigenvalue weighted by atomic mass is 10.2. The number of halogens is 1. The lowest BCUT2D eigenvalue weighted by molar-refractivity contribution is -0.120. The quantitative estimate of drug-likeness (QED) is 0.505. The summed E-state index contributed by atoms with van der Waals surface area (Å²) in [5.74, 6) is 0.944. The number of hydrogen-bond acceptors (Lipinski definition) is 7. The summed E-state index contributed by atoms with van der Waals surface area (Å²) >= 11 is 1.39. The topological polar surface area (TPSA) is 106 Å². The Balaban J connectivity index is 1.55. The van der Waals surface area contributed by atoms with Gasteiger partial charge in [-0.25, -0.2) is 4.39 Å². The summed E-state index contributed by atoms with van der Waals surface area (Å²) in [7, 11) is 0. The van der Waals surface area contributed by atoms with Crippen LogP contribution in [0.4, 0.5) is 22.0 Å². The monoisotopic (exact) mass is 426 g/mol. The normalized spacial score (nSPS) is 11.7. The molecule has 0 saturated carbocycles. The van der Waals surface area contributed by atoms with Crippen molar-refractivity contribution in [1.29, 1.82) is 0 Å². The third-order valence-corrected chi connectivity index (χ3v) is 5.44. The van der Waals surface area contributed by atoms with Gasteiger partial charge in [-0.2, -0.15) is 15.0 Å². The first-order valence-electron chi connectivity index (χ1n) is 9.37. The Morgan fingerprint density at radius 2 is 1.87 bits per heavy atom. The van der Waals surface area contributed by atoms with Gasteiger partial charge in [-0.15, -0.1) is 11.8 Å². The van der Waals surface area contributed by atoms with Crippen molar-refractivity contribution >= 4 is 35.3 Å². The Hall–Kier alpha value is -3.20. The Labute approximate surface area is 178 Å². The summed E-state index contributed by atoms with van der Waals surface area (Å²) in [6, 6.07) is 13.8. The van der Waals surface area contributed by atoms with Crippen molar-refractivity contribution in [3.05, 3.63) is 71.3 Å². The van der Waals surface area contributed by atoms with E-state index < -0.39 is 0 Å². The summed E-state index contributed by atoms with van der Waals surface area (Å²) < 4.78 is 13.0. The van der Waals surface area contributed by atoms with Gasteiger partial charge in [0.05, 0.1) is 11.0 Å². The predicted octanol–water partition coefficient (Wildman–Crippen LogP) is 3.58. The minimum absolute atomic E-state index is 0.116. The van der Waals surface area contributed by atoms with Crippen molar-refractivity contribution in [2.75, 3.05) is 11.1 Å². The zero-order valence-corrected chi connectivity index (χ0v) is 17.5. The number of nitrogen functional groups attached to an aromatic ring is 1. The molecular weight excluding hydrogens is 403 g/mol. The van der Waals surface area contributed by atoms with Gasteiger partial charge in [-0.1, -0.05) is 30.3 Å². The molecular formula is C21H23FN6OS. The molecule has 0 spiro atoms. The van der Waals surface area contributed by atoms with Crippen molar-refractivity contribution in [2.24, 2.45) is 0 Å². The summed E-state index contributed by atoms with van der Waals surface area (Å²) in [6.45, 7) is 4.13. The number of para-hydroxylation sites is 1. The van der Waals surface area contributed by atoms with Crippen LogP contribution in [0.1, 0.15) is 23.9 Å². The average molecular weight is 427 g/mol. The van der Waals surface area contributed by atoms with E-state index in [4.69, 9.17) is 5.73 Å². The number of thioether (sulfide) groups is 1. The second-order valence-corrected chi connectivity index (χ2v) is 8.00. The lowest BCUT2D eigenvalue weighted by Crippen LogP contribution is -2.30. The summed E-state index contributed by atoms with van der Waals surface area (Å²) in [5, 5.41) is 5.67. The first-order chi connectivity index (χ1) is 14.4. The summed E-state index contributed by atoms with van der Waals surface area (Å²) in [4.78, 5) is 25.0. The summed E-state index contributed by atoms with van der Waals surface area (Å²) in [5.41, 5.74) is 8.59. The fourth-order valence-electron chi connectivity index (χ4n) is 2.60. The van der Waals surface area contributed by atoms with Crippen molar-refractivity contribution in [1.82, 2.24) is 20.3 Å². The van der Waals surface area contributed by atoms with Crippen LogP contribution in [0, 0.1) is 12.7 Å². The number of nitrogens with zero attached hydrogens (tertiary/aromatic N) is 3. The van der Waals surface area contributed by atoms with E-state index in [1.807, 2.05) is 38.1 Å². The maximum absolute atomic E-state index is 13.0. The van der Waals surface area contributed by atoms with E-state index in [-0.39, 0.29) is 22.9 Å². The van der Waals surface area contributed by atoms with Crippen LogP contribution in [-0.2, 0) is 17.1 Å². The zero-order valence-electron chi connectivity index (χ0n) is 16.7. The van der Waals surface area contributed by atoms with Crippen molar-refractivity contribution in [3.8, 4) is 0 Å². The van der Waals surface area contributed by atoms with Gasteiger partial charge in [0, 0.05) is 12.2 Å². The average Bonchev–Trinajstić information content (AvgIpc) is 2.72.